The average Bonchev–Trinajstić information content (AvgIpc) is 3.31. The van der Waals surface area contributed by atoms with Crippen molar-refractivity contribution in [2.75, 3.05) is 12.4 Å². The molecule has 0 atom stereocenters. The van der Waals surface area contributed by atoms with E-state index in [1.54, 1.807) is 42.5 Å². The molecule has 0 unspecified atom stereocenters. The molecule has 1 N–H and O–H groups in total. The highest BCUT2D eigenvalue weighted by atomic mass is 35.5. The van der Waals surface area contributed by atoms with Gasteiger partial charge >= 0.3 is 5.97 Å². The van der Waals surface area contributed by atoms with Gasteiger partial charge in [0, 0.05) is 28.5 Å². The first-order valence-corrected chi connectivity index (χ1v) is 10.1. The number of carbonyl (C=O) groups is 2. The van der Waals surface area contributed by atoms with E-state index < -0.39 is 11.9 Å². The minimum Gasteiger partial charge on any atom is -0.465 e. The van der Waals surface area contributed by atoms with E-state index in [-0.39, 0.29) is 18.0 Å². The van der Waals surface area contributed by atoms with Gasteiger partial charge in [-0.15, -0.1) is 0 Å². The smallest absolute Gasteiger partial charge is 0.337 e. The van der Waals surface area contributed by atoms with Gasteiger partial charge in [0.15, 0.2) is 0 Å². The van der Waals surface area contributed by atoms with E-state index in [1.807, 2.05) is 0 Å². The van der Waals surface area contributed by atoms with Crippen LogP contribution in [-0.4, -0.2) is 33.7 Å². The second-order valence-corrected chi connectivity index (χ2v) is 7.37. The fourth-order valence-electron chi connectivity index (χ4n) is 3.00. The maximum atomic E-state index is 12.4. The molecule has 166 valence electrons. The molecule has 0 aliphatic heterocycles. The zero-order chi connectivity index (χ0) is 23.4. The SMILES string of the molecule is COC(=O)c1ccc(NC(=O)Cn2cc(-c3nc(-c4ccc(Cl)cc4)no3)ccc2=O)cc1. The van der Waals surface area contributed by atoms with Gasteiger partial charge < -0.3 is 19.1 Å². The van der Waals surface area contributed by atoms with E-state index >= 15 is 0 Å². The highest BCUT2D eigenvalue weighted by Crippen LogP contribution is 2.22. The Labute approximate surface area is 192 Å². The summed E-state index contributed by atoms with van der Waals surface area (Å²) in [5, 5.41) is 7.23. The fraction of sp³-hybridized carbons (Fsp3) is 0.0870. The van der Waals surface area contributed by atoms with Crippen LogP contribution in [0.2, 0.25) is 5.02 Å². The highest BCUT2D eigenvalue weighted by Gasteiger charge is 2.13. The van der Waals surface area contributed by atoms with Crippen molar-refractivity contribution in [3.05, 3.63) is 87.8 Å². The van der Waals surface area contributed by atoms with Gasteiger partial charge in [-0.3, -0.25) is 9.59 Å². The maximum absolute atomic E-state index is 12.4. The number of carbonyl (C=O) groups excluding carboxylic acids is 2. The summed E-state index contributed by atoms with van der Waals surface area (Å²) in [5.41, 5.74) is 1.67. The van der Waals surface area contributed by atoms with Gasteiger partial charge in [-0.05, 0) is 54.6 Å². The summed E-state index contributed by atoms with van der Waals surface area (Å²) < 4.78 is 11.2. The molecule has 33 heavy (non-hydrogen) atoms. The van der Waals surface area contributed by atoms with Gasteiger partial charge in [0.1, 0.15) is 6.54 Å². The molecule has 1 amide bonds. The van der Waals surface area contributed by atoms with Gasteiger partial charge in [0.25, 0.3) is 11.4 Å². The Balaban J connectivity index is 1.48. The summed E-state index contributed by atoms with van der Waals surface area (Å²) in [6.07, 6.45) is 1.47. The number of pyridine rings is 1. The first kappa shape index (κ1) is 22.0. The van der Waals surface area contributed by atoms with Crippen LogP contribution >= 0.6 is 11.6 Å². The van der Waals surface area contributed by atoms with Gasteiger partial charge in [-0.1, -0.05) is 16.8 Å². The molecule has 10 heteroatoms. The zero-order valence-corrected chi connectivity index (χ0v) is 18.1. The molecule has 2 aromatic heterocycles. The third-order valence-electron chi connectivity index (χ3n) is 4.66. The normalized spacial score (nSPS) is 10.6. The predicted octanol–water partition coefficient (Wildman–Crippen LogP) is 3.64. The van der Waals surface area contributed by atoms with Crippen molar-refractivity contribution in [2.45, 2.75) is 6.54 Å². The van der Waals surface area contributed by atoms with Crippen LogP contribution in [0.3, 0.4) is 0 Å². The molecule has 0 bridgehead atoms. The molecule has 4 aromatic rings. The molecule has 4 rings (SSSR count). The van der Waals surface area contributed by atoms with E-state index in [0.717, 1.165) is 5.56 Å². The lowest BCUT2D eigenvalue weighted by Gasteiger charge is -2.08. The summed E-state index contributed by atoms with van der Waals surface area (Å²) >= 11 is 5.90. The van der Waals surface area contributed by atoms with Crippen molar-refractivity contribution in [2.24, 2.45) is 0 Å². The largest absolute Gasteiger partial charge is 0.465 e. The molecule has 0 aliphatic carbocycles. The van der Waals surface area contributed by atoms with Gasteiger partial charge in [-0.25, -0.2) is 4.79 Å². The van der Waals surface area contributed by atoms with Gasteiger partial charge in [0.2, 0.25) is 11.7 Å². The molecule has 2 heterocycles. The summed E-state index contributed by atoms with van der Waals surface area (Å²) in [6, 6.07) is 16.0. The van der Waals surface area contributed by atoms with Crippen LogP contribution in [0.15, 0.2) is 76.2 Å². The van der Waals surface area contributed by atoms with E-state index in [0.29, 0.717) is 27.7 Å². The molecule has 0 saturated heterocycles. The quantitative estimate of drug-likeness (QED) is 0.433. The van der Waals surface area contributed by atoms with Crippen molar-refractivity contribution in [3.63, 3.8) is 0 Å². The molecule has 0 spiro atoms. The standard InChI is InChI=1S/C23H17ClN4O5/c1-32-23(31)15-4-9-18(10-5-15)25-19(29)13-28-12-16(6-11-20(28)30)22-26-21(27-33-22)14-2-7-17(24)8-3-14/h2-12H,13H2,1H3,(H,25,29). The van der Waals surface area contributed by atoms with Crippen LogP contribution in [0, 0.1) is 0 Å². The first-order valence-electron chi connectivity index (χ1n) is 9.71. The summed E-state index contributed by atoms with van der Waals surface area (Å²) in [6.45, 7) is -0.233. The third kappa shape index (κ3) is 5.16. The maximum Gasteiger partial charge on any atom is 0.337 e. The van der Waals surface area contributed by atoms with Crippen LogP contribution in [0.25, 0.3) is 22.8 Å². The van der Waals surface area contributed by atoms with Crippen LogP contribution in [0.1, 0.15) is 10.4 Å². The molecule has 0 radical (unpaired) electrons. The zero-order valence-electron chi connectivity index (χ0n) is 17.3. The van der Waals surface area contributed by atoms with Crippen LogP contribution < -0.4 is 10.9 Å². The minimum atomic E-state index is -0.475. The minimum absolute atomic E-state index is 0.201. The Morgan fingerprint density at radius 1 is 1.03 bits per heavy atom. The third-order valence-corrected chi connectivity index (χ3v) is 4.91. The number of rotatable bonds is 6. The summed E-state index contributed by atoms with van der Waals surface area (Å²) in [7, 11) is 1.29. The van der Waals surface area contributed by atoms with Crippen LogP contribution in [0.5, 0.6) is 0 Å². The second kappa shape index (κ2) is 9.49. The molecule has 2 aromatic carbocycles. The van der Waals surface area contributed by atoms with Crippen molar-refractivity contribution >= 4 is 29.2 Å². The van der Waals surface area contributed by atoms with Crippen molar-refractivity contribution in [3.8, 4) is 22.8 Å². The number of halogens is 1. The number of nitrogens with one attached hydrogen (secondary N) is 1. The molecule has 0 fully saturated rings. The lowest BCUT2D eigenvalue weighted by atomic mass is 10.2. The lowest BCUT2D eigenvalue weighted by Crippen LogP contribution is -2.26. The predicted molar refractivity (Wildman–Crippen MR) is 121 cm³/mol. The monoisotopic (exact) mass is 464 g/mol. The molecular weight excluding hydrogens is 448 g/mol. The van der Waals surface area contributed by atoms with E-state index in [9.17, 15) is 14.4 Å². The number of esters is 1. The number of benzene rings is 2. The Hall–Kier alpha value is -4.24. The van der Waals surface area contributed by atoms with Crippen molar-refractivity contribution in [1.82, 2.24) is 14.7 Å². The van der Waals surface area contributed by atoms with Gasteiger partial charge in [0.05, 0.1) is 18.2 Å². The van der Waals surface area contributed by atoms with E-state index in [1.165, 1.54) is 36.1 Å². The number of ether oxygens (including phenoxy) is 1. The number of hydrogen-bond acceptors (Lipinski definition) is 7. The number of amides is 1. The topological polar surface area (TPSA) is 116 Å². The highest BCUT2D eigenvalue weighted by molar-refractivity contribution is 6.30. The van der Waals surface area contributed by atoms with Crippen molar-refractivity contribution in [1.29, 1.82) is 0 Å². The van der Waals surface area contributed by atoms with Gasteiger partial charge in [-0.2, -0.15) is 4.98 Å². The second-order valence-electron chi connectivity index (χ2n) is 6.93. The molecule has 9 nitrogen and oxygen atoms in total. The average molecular weight is 465 g/mol. The first-order chi connectivity index (χ1) is 15.9. The van der Waals surface area contributed by atoms with Crippen molar-refractivity contribution < 1.29 is 18.8 Å². The number of anilines is 1. The Morgan fingerprint density at radius 3 is 2.42 bits per heavy atom. The Morgan fingerprint density at radius 2 is 1.73 bits per heavy atom. The summed E-state index contributed by atoms with van der Waals surface area (Å²) in [4.78, 5) is 40.6. The lowest BCUT2D eigenvalue weighted by molar-refractivity contribution is -0.116. The number of aromatic nitrogens is 3. The van der Waals surface area contributed by atoms with E-state index in [2.05, 4.69) is 20.2 Å². The molecule has 0 saturated carbocycles. The van der Waals surface area contributed by atoms with Crippen LogP contribution in [0.4, 0.5) is 5.69 Å². The number of methoxy groups -OCH3 is 1. The fourth-order valence-corrected chi connectivity index (χ4v) is 3.13. The molecule has 0 aliphatic rings. The molecular formula is C23H17ClN4O5. The van der Waals surface area contributed by atoms with E-state index in [4.69, 9.17) is 16.1 Å². The Bertz CT molecular complexity index is 1360. The number of hydrogen-bond donors (Lipinski definition) is 1. The summed E-state index contributed by atoms with van der Waals surface area (Å²) in [5.74, 6) is -0.330. The Kier molecular flexibility index (Phi) is 6.32. The number of nitrogens with zero attached hydrogens (tertiary/aromatic N) is 3. The van der Waals surface area contributed by atoms with Crippen LogP contribution in [-0.2, 0) is 16.1 Å².